The summed E-state index contributed by atoms with van der Waals surface area (Å²) in [7, 11) is 0. The van der Waals surface area contributed by atoms with Gasteiger partial charge in [0.15, 0.2) is 0 Å². The van der Waals surface area contributed by atoms with Crippen molar-refractivity contribution in [2.45, 2.75) is 25.2 Å². The Morgan fingerprint density at radius 2 is 1.92 bits per heavy atom. The van der Waals surface area contributed by atoms with E-state index in [2.05, 4.69) is 4.98 Å². The maximum absolute atomic E-state index is 14.2. The summed E-state index contributed by atoms with van der Waals surface area (Å²) in [5.41, 5.74) is 3.52. The number of rotatable bonds is 3. The van der Waals surface area contributed by atoms with Gasteiger partial charge in [0.05, 0.1) is 11.2 Å². The maximum Gasteiger partial charge on any atom is 0.150 e. The molecule has 0 unspecified atom stereocenters. The van der Waals surface area contributed by atoms with Crippen LogP contribution in [-0.4, -0.2) is 16.7 Å². The van der Waals surface area contributed by atoms with E-state index >= 15 is 0 Å². The molecule has 3 aromatic rings. The number of aliphatic hydroxyl groups is 1. The summed E-state index contributed by atoms with van der Waals surface area (Å²) in [6.07, 6.45) is 1.84. The first-order valence-corrected chi connectivity index (χ1v) is 7.98. The molecule has 0 amide bonds. The molecule has 2 N–H and O–H groups in total. The Kier molecular flexibility index (Phi) is 3.61. The number of H-pyrrole nitrogens is 1. The molecule has 24 heavy (non-hydrogen) atoms. The molecular formula is C19H16F3NO. The molecule has 1 aromatic heterocycles. The Balaban J connectivity index is 1.99. The van der Waals surface area contributed by atoms with Crippen molar-refractivity contribution in [3.8, 4) is 11.3 Å². The van der Waals surface area contributed by atoms with E-state index in [0.29, 0.717) is 24.6 Å². The van der Waals surface area contributed by atoms with Crippen LogP contribution < -0.4 is 0 Å². The molecular weight excluding hydrogens is 315 g/mol. The highest BCUT2D eigenvalue weighted by Crippen LogP contribution is 2.45. The average Bonchev–Trinajstić information content (AvgIpc) is 2.92. The predicted molar refractivity (Wildman–Crippen MR) is 86.4 cm³/mol. The third-order valence-corrected chi connectivity index (χ3v) is 4.79. The lowest BCUT2D eigenvalue weighted by Crippen LogP contribution is -2.11. The van der Waals surface area contributed by atoms with Gasteiger partial charge in [0, 0.05) is 23.6 Å². The molecule has 124 valence electrons. The number of aliphatic hydroxyl groups excluding tert-OH is 1. The number of aromatic nitrogens is 1. The van der Waals surface area contributed by atoms with Crippen molar-refractivity contribution in [2.24, 2.45) is 0 Å². The van der Waals surface area contributed by atoms with Crippen molar-refractivity contribution in [3.63, 3.8) is 0 Å². The number of hydrogen-bond donors (Lipinski definition) is 2. The highest BCUT2D eigenvalue weighted by Gasteiger charge is 2.29. The monoisotopic (exact) mass is 331 g/mol. The minimum atomic E-state index is -0.635. The second kappa shape index (κ2) is 5.67. The first kappa shape index (κ1) is 15.3. The van der Waals surface area contributed by atoms with E-state index in [0.717, 1.165) is 28.5 Å². The van der Waals surface area contributed by atoms with Crippen LogP contribution in [0, 0.1) is 17.5 Å². The summed E-state index contributed by atoms with van der Waals surface area (Å²) in [5, 5.41) is 9.68. The first-order valence-electron chi connectivity index (χ1n) is 7.98. The van der Waals surface area contributed by atoms with E-state index in [4.69, 9.17) is 5.11 Å². The Hall–Kier alpha value is -2.27. The quantitative estimate of drug-likeness (QED) is 0.719. The summed E-state index contributed by atoms with van der Waals surface area (Å²) in [5.74, 6) is -1.58. The van der Waals surface area contributed by atoms with Gasteiger partial charge in [-0.05, 0) is 60.6 Å². The lowest BCUT2D eigenvalue weighted by Gasteiger charge is -2.25. The average molecular weight is 331 g/mol. The summed E-state index contributed by atoms with van der Waals surface area (Å²) < 4.78 is 41.5. The topological polar surface area (TPSA) is 36.0 Å². The molecule has 1 aliphatic carbocycles. The molecule has 0 saturated heterocycles. The number of hydrogen-bond acceptors (Lipinski definition) is 1. The van der Waals surface area contributed by atoms with E-state index in [1.54, 1.807) is 6.07 Å². The highest BCUT2D eigenvalue weighted by molar-refractivity contribution is 5.93. The summed E-state index contributed by atoms with van der Waals surface area (Å²) in [6, 6.07) is 6.74. The van der Waals surface area contributed by atoms with Gasteiger partial charge in [-0.15, -0.1) is 0 Å². The minimum absolute atomic E-state index is 0.0172. The van der Waals surface area contributed by atoms with Crippen molar-refractivity contribution in [2.75, 3.05) is 6.61 Å². The molecule has 0 bridgehead atoms. The van der Waals surface area contributed by atoms with Gasteiger partial charge >= 0.3 is 0 Å². The van der Waals surface area contributed by atoms with Gasteiger partial charge < -0.3 is 10.1 Å². The number of nitrogens with one attached hydrogen (secondary N) is 1. The molecule has 0 fully saturated rings. The normalized spacial score (nSPS) is 16.2. The van der Waals surface area contributed by atoms with Crippen molar-refractivity contribution in [1.82, 2.24) is 4.98 Å². The van der Waals surface area contributed by atoms with Gasteiger partial charge in [0.1, 0.15) is 17.5 Å². The molecule has 1 atom stereocenters. The standard InChI is InChI=1S/C19H16F3NO/c20-12-3-4-14-11(7-12)6-10(2-1-5-24)17-15-8-13(21)9-16(22)18(15)23-19(14)17/h3-4,7-10,23-24H,1-2,5-6H2/t10-/m0/s1. The van der Waals surface area contributed by atoms with Crippen LogP contribution in [0.3, 0.4) is 0 Å². The number of aromatic amines is 1. The smallest absolute Gasteiger partial charge is 0.150 e. The van der Waals surface area contributed by atoms with Crippen molar-refractivity contribution in [3.05, 3.63) is 58.9 Å². The number of fused-ring (bicyclic) bond motifs is 5. The Morgan fingerprint density at radius 3 is 2.71 bits per heavy atom. The Morgan fingerprint density at radius 1 is 1.08 bits per heavy atom. The van der Waals surface area contributed by atoms with E-state index in [9.17, 15) is 13.2 Å². The van der Waals surface area contributed by atoms with Crippen LogP contribution in [0.4, 0.5) is 13.2 Å². The first-order chi connectivity index (χ1) is 11.6. The molecule has 2 nitrogen and oxygen atoms in total. The largest absolute Gasteiger partial charge is 0.396 e. The number of halogens is 3. The summed E-state index contributed by atoms with van der Waals surface area (Å²) in [4.78, 5) is 3.07. The van der Waals surface area contributed by atoms with Gasteiger partial charge in [-0.3, -0.25) is 0 Å². The second-order valence-electron chi connectivity index (χ2n) is 6.29. The number of benzene rings is 2. The predicted octanol–water partition coefficient (Wildman–Crippen LogP) is 4.66. The van der Waals surface area contributed by atoms with Crippen molar-refractivity contribution < 1.29 is 18.3 Å². The fraction of sp³-hybridized carbons (Fsp3) is 0.263. The van der Waals surface area contributed by atoms with Gasteiger partial charge in [-0.2, -0.15) is 0 Å². The summed E-state index contributed by atoms with van der Waals surface area (Å²) in [6.45, 7) is 0.0485. The Bertz CT molecular complexity index is 932. The molecule has 5 heteroatoms. The third kappa shape index (κ3) is 2.31. The molecule has 0 spiro atoms. The van der Waals surface area contributed by atoms with Crippen LogP contribution in [0.5, 0.6) is 0 Å². The van der Waals surface area contributed by atoms with Crippen LogP contribution in [0.2, 0.25) is 0 Å². The Labute approximate surface area is 136 Å². The van der Waals surface area contributed by atoms with Crippen LogP contribution in [0.1, 0.15) is 29.9 Å². The zero-order valence-electron chi connectivity index (χ0n) is 12.9. The third-order valence-electron chi connectivity index (χ3n) is 4.79. The van der Waals surface area contributed by atoms with Gasteiger partial charge in [0.2, 0.25) is 0 Å². The zero-order valence-corrected chi connectivity index (χ0v) is 12.9. The zero-order chi connectivity index (χ0) is 16.8. The fourth-order valence-corrected chi connectivity index (χ4v) is 3.80. The molecule has 1 heterocycles. The van der Waals surface area contributed by atoms with Crippen molar-refractivity contribution >= 4 is 10.9 Å². The van der Waals surface area contributed by atoms with E-state index < -0.39 is 11.6 Å². The van der Waals surface area contributed by atoms with Crippen LogP contribution in [-0.2, 0) is 6.42 Å². The summed E-state index contributed by atoms with van der Waals surface area (Å²) >= 11 is 0. The minimum Gasteiger partial charge on any atom is -0.396 e. The van der Waals surface area contributed by atoms with E-state index in [1.807, 2.05) is 0 Å². The molecule has 1 aliphatic rings. The van der Waals surface area contributed by atoms with Crippen molar-refractivity contribution in [1.29, 1.82) is 0 Å². The van der Waals surface area contributed by atoms with Gasteiger partial charge in [-0.1, -0.05) is 0 Å². The maximum atomic E-state index is 14.2. The van der Waals surface area contributed by atoms with E-state index in [-0.39, 0.29) is 23.9 Å². The lowest BCUT2D eigenvalue weighted by molar-refractivity contribution is 0.279. The van der Waals surface area contributed by atoms with Crippen LogP contribution in [0.25, 0.3) is 22.2 Å². The SMILES string of the molecule is OCCC[C@H]1Cc2cc(F)ccc2-c2[nH]c3c(F)cc(F)cc3c21. The van der Waals surface area contributed by atoms with Gasteiger partial charge in [-0.25, -0.2) is 13.2 Å². The molecule has 0 aliphatic heterocycles. The molecule has 0 saturated carbocycles. The molecule has 2 aromatic carbocycles. The van der Waals surface area contributed by atoms with Crippen LogP contribution >= 0.6 is 0 Å². The fourth-order valence-electron chi connectivity index (χ4n) is 3.80. The highest BCUT2D eigenvalue weighted by atomic mass is 19.1. The van der Waals surface area contributed by atoms with Gasteiger partial charge in [0.25, 0.3) is 0 Å². The molecule has 4 rings (SSSR count). The lowest BCUT2D eigenvalue weighted by atomic mass is 9.79. The van der Waals surface area contributed by atoms with Crippen LogP contribution in [0.15, 0.2) is 30.3 Å². The van der Waals surface area contributed by atoms with E-state index in [1.165, 1.54) is 18.2 Å². The second-order valence-corrected chi connectivity index (χ2v) is 6.29. The molecule has 0 radical (unpaired) electrons.